The van der Waals surface area contributed by atoms with Crippen LogP contribution in [0.3, 0.4) is 0 Å². The first-order valence-corrected chi connectivity index (χ1v) is 6.00. The smallest absolute Gasteiger partial charge is 0.307 e. The number of hydrogen-bond donors (Lipinski definition) is 0. The first kappa shape index (κ1) is 14.4. The van der Waals surface area contributed by atoms with E-state index in [1.54, 1.807) is 25.1 Å². The molecule has 1 atom stereocenters. The fraction of sp³-hybridized carbons (Fsp3) is 0.417. The molecule has 1 aromatic rings. The maximum Gasteiger partial charge on any atom is 0.307 e. The Morgan fingerprint density at radius 3 is 2.78 bits per heavy atom. The Morgan fingerprint density at radius 1 is 1.50 bits per heavy atom. The number of hydrogen-bond acceptors (Lipinski definition) is 4. The molecule has 0 fully saturated rings. The van der Waals surface area contributed by atoms with Crippen molar-refractivity contribution in [2.45, 2.75) is 25.1 Å². The van der Waals surface area contributed by atoms with Gasteiger partial charge in [0.25, 0.3) is 5.69 Å². The highest BCUT2D eigenvalue weighted by Crippen LogP contribution is 2.22. The minimum absolute atomic E-state index is 0.0204. The molecule has 5 nitrogen and oxygen atoms in total. The summed E-state index contributed by atoms with van der Waals surface area (Å²) in [6.45, 7) is 2.01. The molecule has 0 saturated heterocycles. The van der Waals surface area contributed by atoms with Gasteiger partial charge in [0.1, 0.15) is 0 Å². The van der Waals surface area contributed by atoms with Crippen LogP contribution in [0.25, 0.3) is 0 Å². The van der Waals surface area contributed by atoms with Gasteiger partial charge in [-0.2, -0.15) is 0 Å². The summed E-state index contributed by atoms with van der Waals surface area (Å²) in [4.78, 5) is 21.6. The van der Waals surface area contributed by atoms with Crippen LogP contribution in [-0.2, 0) is 16.0 Å². The molecule has 0 amide bonds. The fourth-order valence-corrected chi connectivity index (χ4v) is 1.87. The fourth-order valence-electron chi connectivity index (χ4n) is 1.57. The highest BCUT2D eigenvalue weighted by atomic mass is 35.5. The molecule has 0 aromatic heterocycles. The number of nitrogens with zero attached hydrogens (tertiary/aromatic N) is 1. The monoisotopic (exact) mass is 271 g/mol. The van der Waals surface area contributed by atoms with Gasteiger partial charge in [-0.05, 0) is 13.3 Å². The molecule has 1 rings (SSSR count). The average Bonchev–Trinajstić information content (AvgIpc) is 2.29. The molecule has 0 radical (unpaired) electrons. The van der Waals surface area contributed by atoms with Crippen LogP contribution < -0.4 is 0 Å². The van der Waals surface area contributed by atoms with Gasteiger partial charge in [-0.15, -0.1) is 11.6 Å². The number of alkyl halides is 1. The summed E-state index contributed by atoms with van der Waals surface area (Å²) in [5.41, 5.74) is 0.541. The summed E-state index contributed by atoms with van der Waals surface area (Å²) in [6.07, 6.45) is 0.305. The molecule has 98 valence electrons. The van der Waals surface area contributed by atoms with E-state index in [4.69, 9.17) is 16.3 Å². The molecular formula is C12H14ClNO4. The lowest BCUT2D eigenvalue weighted by Crippen LogP contribution is -2.14. The van der Waals surface area contributed by atoms with Crippen molar-refractivity contribution in [2.24, 2.45) is 0 Å². The molecule has 1 aromatic carbocycles. The third kappa shape index (κ3) is 4.33. The van der Waals surface area contributed by atoms with E-state index in [-0.39, 0.29) is 18.5 Å². The van der Waals surface area contributed by atoms with Crippen LogP contribution in [-0.4, -0.2) is 22.9 Å². The maximum atomic E-state index is 11.2. The van der Waals surface area contributed by atoms with E-state index in [2.05, 4.69) is 0 Å². The Labute approximate surface area is 110 Å². The summed E-state index contributed by atoms with van der Waals surface area (Å²) in [7, 11) is 0. The summed E-state index contributed by atoms with van der Waals surface area (Å²) in [5.74, 6) is -0.393. The molecule has 0 N–H and O–H groups in total. The predicted molar refractivity (Wildman–Crippen MR) is 67.7 cm³/mol. The number of halogens is 1. The van der Waals surface area contributed by atoms with Crippen LogP contribution in [0, 0.1) is 10.1 Å². The van der Waals surface area contributed by atoms with Crippen molar-refractivity contribution in [1.29, 1.82) is 0 Å². The number of para-hydroxylation sites is 1. The third-order valence-corrected chi connectivity index (χ3v) is 2.63. The predicted octanol–water partition coefficient (Wildman–Crippen LogP) is 2.70. The third-order valence-electron chi connectivity index (χ3n) is 2.32. The van der Waals surface area contributed by atoms with Gasteiger partial charge in [-0.25, -0.2) is 0 Å². The second-order valence-corrected chi connectivity index (χ2v) is 4.31. The van der Waals surface area contributed by atoms with E-state index >= 15 is 0 Å². The van der Waals surface area contributed by atoms with Crippen molar-refractivity contribution < 1.29 is 14.5 Å². The molecule has 18 heavy (non-hydrogen) atoms. The van der Waals surface area contributed by atoms with Gasteiger partial charge in [-0.1, -0.05) is 18.2 Å². The second-order valence-electron chi connectivity index (χ2n) is 3.70. The normalized spacial score (nSPS) is 11.9. The minimum Gasteiger partial charge on any atom is -0.466 e. The SMILES string of the molecule is CCOC(=O)CC(Cl)Cc1ccccc1[N+](=O)[O-]. The zero-order valence-corrected chi connectivity index (χ0v) is 10.7. The van der Waals surface area contributed by atoms with Crippen LogP contribution in [0.2, 0.25) is 0 Å². The number of carbonyl (C=O) groups excluding carboxylic acids is 1. The summed E-state index contributed by atoms with van der Waals surface area (Å²) < 4.78 is 4.77. The van der Waals surface area contributed by atoms with Crippen molar-refractivity contribution in [3.63, 3.8) is 0 Å². The van der Waals surface area contributed by atoms with Gasteiger partial charge in [0.05, 0.1) is 18.0 Å². The Bertz CT molecular complexity index is 436. The van der Waals surface area contributed by atoms with Crippen LogP contribution in [0.1, 0.15) is 18.9 Å². The molecule has 0 spiro atoms. The standard InChI is InChI=1S/C12H14ClNO4/c1-2-18-12(15)8-10(13)7-9-5-3-4-6-11(9)14(16)17/h3-6,10H,2,7-8H2,1H3. The number of nitro groups is 1. The molecule has 0 aliphatic heterocycles. The van der Waals surface area contributed by atoms with Gasteiger partial charge in [0.2, 0.25) is 0 Å². The van der Waals surface area contributed by atoms with Gasteiger partial charge in [0, 0.05) is 17.0 Å². The van der Waals surface area contributed by atoms with Gasteiger partial charge in [0.15, 0.2) is 0 Å². The Balaban J connectivity index is 2.67. The van der Waals surface area contributed by atoms with Crippen molar-refractivity contribution in [2.75, 3.05) is 6.61 Å². The first-order valence-electron chi connectivity index (χ1n) is 5.56. The number of ether oxygens (including phenoxy) is 1. The Hall–Kier alpha value is -1.62. The second kappa shape index (κ2) is 6.96. The topological polar surface area (TPSA) is 69.4 Å². The highest BCUT2D eigenvalue weighted by molar-refractivity contribution is 6.21. The number of nitro benzene ring substituents is 1. The van der Waals surface area contributed by atoms with E-state index in [1.807, 2.05) is 0 Å². The molecule has 0 heterocycles. The Kier molecular flexibility index (Phi) is 5.58. The van der Waals surface area contributed by atoms with Gasteiger partial charge >= 0.3 is 5.97 Å². The summed E-state index contributed by atoms with van der Waals surface area (Å²) in [5, 5.41) is 10.3. The average molecular weight is 272 g/mol. The minimum atomic E-state index is -0.509. The molecule has 1 unspecified atom stereocenters. The number of esters is 1. The molecular weight excluding hydrogens is 258 g/mol. The van der Waals surface area contributed by atoms with Crippen LogP contribution in [0.15, 0.2) is 24.3 Å². The van der Waals surface area contributed by atoms with Crippen molar-refractivity contribution in [3.8, 4) is 0 Å². The lowest BCUT2D eigenvalue weighted by molar-refractivity contribution is -0.385. The number of carbonyl (C=O) groups is 1. The first-order chi connectivity index (χ1) is 8.54. The largest absolute Gasteiger partial charge is 0.466 e. The molecule has 0 bridgehead atoms. The van der Waals surface area contributed by atoms with Crippen LogP contribution in [0.5, 0.6) is 0 Å². The van der Waals surface area contributed by atoms with Crippen molar-refractivity contribution in [3.05, 3.63) is 39.9 Å². The van der Waals surface area contributed by atoms with Crippen LogP contribution in [0.4, 0.5) is 5.69 Å². The van der Waals surface area contributed by atoms with Crippen molar-refractivity contribution >= 4 is 23.3 Å². The van der Waals surface area contributed by atoms with Gasteiger partial charge < -0.3 is 4.74 Å². The molecule has 6 heteroatoms. The van der Waals surface area contributed by atoms with E-state index < -0.39 is 16.3 Å². The van der Waals surface area contributed by atoms with E-state index in [9.17, 15) is 14.9 Å². The molecule has 0 aliphatic carbocycles. The number of benzene rings is 1. The molecule has 0 aliphatic rings. The quantitative estimate of drug-likeness (QED) is 0.345. The summed E-state index contributed by atoms with van der Waals surface area (Å²) >= 11 is 6.00. The molecule has 0 saturated carbocycles. The van der Waals surface area contributed by atoms with Crippen molar-refractivity contribution in [1.82, 2.24) is 0 Å². The van der Waals surface area contributed by atoms with E-state index in [0.717, 1.165) is 0 Å². The lowest BCUT2D eigenvalue weighted by Gasteiger charge is -2.09. The van der Waals surface area contributed by atoms with Crippen LogP contribution >= 0.6 is 11.6 Å². The lowest BCUT2D eigenvalue weighted by atomic mass is 10.1. The summed E-state index contributed by atoms with van der Waals surface area (Å²) in [6, 6.07) is 6.36. The zero-order valence-electron chi connectivity index (χ0n) is 9.97. The Morgan fingerprint density at radius 2 is 2.17 bits per heavy atom. The van der Waals surface area contributed by atoms with Gasteiger partial charge in [-0.3, -0.25) is 14.9 Å². The zero-order chi connectivity index (χ0) is 13.5. The van der Waals surface area contributed by atoms with E-state index in [0.29, 0.717) is 12.2 Å². The maximum absolute atomic E-state index is 11.2. The van der Waals surface area contributed by atoms with E-state index in [1.165, 1.54) is 6.07 Å². The number of rotatable bonds is 6. The highest BCUT2D eigenvalue weighted by Gasteiger charge is 2.18.